The molecule has 33 heavy (non-hydrogen) atoms. The molecule has 8 heteroatoms. The van der Waals surface area contributed by atoms with E-state index < -0.39 is 0 Å². The molecule has 0 aliphatic carbocycles. The third kappa shape index (κ3) is 4.69. The van der Waals surface area contributed by atoms with Crippen molar-refractivity contribution in [2.75, 3.05) is 45.9 Å². The Kier molecular flexibility index (Phi) is 7.02. The maximum atomic E-state index is 13.7. The Morgan fingerprint density at radius 2 is 1.91 bits per heavy atom. The van der Waals surface area contributed by atoms with E-state index in [0.29, 0.717) is 56.3 Å². The fourth-order valence-corrected chi connectivity index (χ4v) is 6.83. The highest BCUT2D eigenvalue weighted by Crippen LogP contribution is 2.43. The van der Waals surface area contributed by atoms with E-state index in [4.69, 9.17) is 4.74 Å². The van der Waals surface area contributed by atoms with Gasteiger partial charge < -0.3 is 14.5 Å². The summed E-state index contributed by atoms with van der Waals surface area (Å²) in [5.74, 6) is 1.38. The molecule has 1 aromatic rings. The van der Waals surface area contributed by atoms with E-state index in [0.717, 1.165) is 25.9 Å². The number of hydrogen-bond donors (Lipinski definition) is 0. The Morgan fingerprint density at radius 3 is 2.67 bits per heavy atom. The molecule has 8 nitrogen and oxygen atoms in total. The molecule has 0 unspecified atom stereocenters. The lowest BCUT2D eigenvalue weighted by Gasteiger charge is -2.57. The van der Waals surface area contributed by atoms with E-state index in [1.165, 1.54) is 38.8 Å². The Hall–Kier alpha value is -1.93. The van der Waals surface area contributed by atoms with Crippen LogP contribution in [0.25, 0.3) is 0 Å². The van der Waals surface area contributed by atoms with Crippen LogP contribution in [0.4, 0.5) is 0 Å². The van der Waals surface area contributed by atoms with Crippen molar-refractivity contribution in [1.29, 1.82) is 0 Å². The number of nitrogens with zero attached hydrogens (tertiary/aromatic N) is 5. The van der Waals surface area contributed by atoms with Crippen LogP contribution in [-0.4, -0.2) is 94.3 Å². The van der Waals surface area contributed by atoms with E-state index in [1.54, 1.807) is 0 Å². The number of morpholine rings is 1. The molecule has 0 saturated carbocycles. The molecule has 5 rings (SSSR count). The monoisotopic (exact) mass is 457 g/mol. The number of carbonyl (C=O) groups excluding carboxylic acids is 2. The standard InChI is InChI=1S/C25H39N5O3/c1-2-29-13-10-21(26-29)25(32)30-18-19-6-4-11-28-12-5-7-20(24(19)28)22(30)8-3-9-23(31)27-14-16-33-17-15-27/h10,13,19-20,22,24H,2-9,11-12,14-18H2,1H3/t19-,20+,22+,24-/m0/s1. The molecule has 0 spiro atoms. The molecule has 4 aliphatic rings. The van der Waals surface area contributed by atoms with Crippen molar-refractivity contribution in [2.45, 2.75) is 70.5 Å². The summed E-state index contributed by atoms with van der Waals surface area (Å²) < 4.78 is 7.22. The summed E-state index contributed by atoms with van der Waals surface area (Å²) in [6.45, 7) is 8.73. The van der Waals surface area contributed by atoms with Crippen molar-refractivity contribution in [1.82, 2.24) is 24.5 Å². The summed E-state index contributed by atoms with van der Waals surface area (Å²) in [4.78, 5) is 33.2. The van der Waals surface area contributed by atoms with Crippen LogP contribution in [0.15, 0.2) is 12.3 Å². The predicted octanol–water partition coefficient (Wildman–Crippen LogP) is 2.25. The Bertz CT molecular complexity index is 834. The lowest BCUT2D eigenvalue weighted by atomic mass is 9.69. The molecular weight excluding hydrogens is 418 g/mol. The zero-order valence-corrected chi connectivity index (χ0v) is 20.0. The van der Waals surface area contributed by atoms with Crippen molar-refractivity contribution in [2.24, 2.45) is 11.8 Å². The van der Waals surface area contributed by atoms with Crippen molar-refractivity contribution in [3.63, 3.8) is 0 Å². The lowest BCUT2D eigenvalue weighted by Crippen LogP contribution is -2.65. The molecule has 0 radical (unpaired) electrons. The van der Waals surface area contributed by atoms with Crippen molar-refractivity contribution in [3.8, 4) is 0 Å². The predicted molar refractivity (Wildman–Crippen MR) is 125 cm³/mol. The van der Waals surface area contributed by atoms with Crippen LogP contribution in [-0.2, 0) is 16.1 Å². The zero-order valence-electron chi connectivity index (χ0n) is 20.0. The number of ether oxygens (including phenoxy) is 1. The zero-order chi connectivity index (χ0) is 22.8. The minimum Gasteiger partial charge on any atom is -0.378 e. The van der Waals surface area contributed by atoms with E-state index in [-0.39, 0.29) is 17.9 Å². The smallest absolute Gasteiger partial charge is 0.274 e. The topological polar surface area (TPSA) is 70.9 Å². The van der Waals surface area contributed by atoms with Crippen molar-refractivity contribution >= 4 is 11.8 Å². The van der Waals surface area contributed by atoms with Crippen LogP contribution < -0.4 is 0 Å². The third-order valence-electron chi connectivity index (χ3n) is 8.37. The number of hydrogen-bond acceptors (Lipinski definition) is 5. The quantitative estimate of drug-likeness (QED) is 0.655. The largest absolute Gasteiger partial charge is 0.378 e. The number of amides is 2. The molecule has 2 amide bonds. The van der Waals surface area contributed by atoms with Gasteiger partial charge in [-0.25, -0.2) is 0 Å². The van der Waals surface area contributed by atoms with Gasteiger partial charge >= 0.3 is 0 Å². The van der Waals surface area contributed by atoms with Gasteiger partial charge in [-0.15, -0.1) is 0 Å². The van der Waals surface area contributed by atoms with Crippen LogP contribution in [0.2, 0.25) is 0 Å². The number of carbonyl (C=O) groups is 2. The van der Waals surface area contributed by atoms with Crippen LogP contribution in [0.5, 0.6) is 0 Å². The SMILES string of the molecule is CCn1ccc(C(=O)N2C[C@@H]3CCCN4CCC[C@@H]([C@H]34)[C@H]2CCCC(=O)N2CCOCC2)n1. The highest BCUT2D eigenvalue weighted by molar-refractivity contribution is 5.92. The second-order valence-electron chi connectivity index (χ2n) is 10.2. The van der Waals surface area contributed by atoms with Crippen molar-refractivity contribution < 1.29 is 14.3 Å². The van der Waals surface area contributed by atoms with Crippen molar-refractivity contribution in [3.05, 3.63) is 18.0 Å². The normalized spacial score (nSPS) is 30.2. The highest BCUT2D eigenvalue weighted by atomic mass is 16.5. The molecule has 0 bridgehead atoms. The van der Waals surface area contributed by atoms with Crippen LogP contribution in [0, 0.1) is 11.8 Å². The molecule has 0 N–H and O–H groups in total. The van der Waals surface area contributed by atoms with E-state index in [2.05, 4.69) is 14.9 Å². The first-order valence-electron chi connectivity index (χ1n) is 13.1. The third-order valence-corrected chi connectivity index (χ3v) is 8.37. The summed E-state index contributed by atoms with van der Waals surface area (Å²) in [6, 6.07) is 2.67. The van der Waals surface area contributed by atoms with Gasteiger partial charge in [-0.05, 0) is 76.4 Å². The summed E-state index contributed by atoms with van der Waals surface area (Å²) in [7, 11) is 0. The van der Waals surface area contributed by atoms with Crippen LogP contribution >= 0.6 is 0 Å². The molecule has 4 aliphatic heterocycles. The summed E-state index contributed by atoms with van der Waals surface area (Å²) >= 11 is 0. The van der Waals surface area contributed by atoms with Crippen LogP contribution in [0.3, 0.4) is 0 Å². The molecule has 5 heterocycles. The van der Waals surface area contributed by atoms with Gasteiger partial charge in [0.1, 0.15) is 5.69 Å². The fourth-order valence-electron chi connectivity index (χ4n) is 6.83. The maximum absolute atomic E-state index is 13.7. The molecule has 182 valence electrons. The number of likely N-dealkylation sites (tertiary alicyclic amines) is 1. The van der Waals surface area contributed by atoms with Gasteiger partial charge in [0.05, 0.1) is 13.2 Å². The van der Waals surface area contributed by atoms with Gasteiger partial charge in [-0.2, -0.15) is 5.10 Å². The average molecular weight is 458 g/mol. The second-order valence-corrected chi connectivity index (χ2v) is 10.2. The molecule has 0 aromatic carbocycles. The van der Waals surface area contributed by atoms with Gasteiger partial charge in [0, 0.05) is 50.9 Å². The van der Waals surface area contributed by atoms with Gasteiger partial charge in [-0.1, -0.05) is 0 Å². The van der Waals surface area contributed by atoms with E-state index in [1.807, 2.05) is 28.8 Å². The lowest BCUT2D eigenvalue weighted by molar-refractivity contribution is -0.135. The van der Waals surface area contributed by atoms with E-state index >= 15 is 0 Å². The highest BCUT2D eigenvalue weighted by Gasteiger charge is 2.49. The number of aryl methyl sites for hydroxylation is 1. The van der Waals surface area contributed by atoms with Gasteiger partial charge in [0.2, 0.25) is 5.91 Å². The van der Waals surface area contributed by atoms with Gasteiger partial charge in [0.15, 0.2) is 0 Å². The Morgan fingerprint density at radius 1 is 1.12 bits per heavy atom. The summed E-state index contributed by atoms with van der Waals surface area (Å²) in [5, 5.41) is 4.53. The first-order chi connectivity index (χ1) is 16.2. The minimum absolute atomic E-state index is 0.0767. The maximum Gasteiger partial charge on any atom is 0.274 e. The summed E-state index contributed by atoms with van der Waals surface area (Å²) in [5.41, 5.74) is 0.563. The number of rotatable bonds is 6. The molecule has 4 atom stereocenters. The Labute approximate surface area is 197 Å². The molecule has 4 saturated heterocycles. The minimum atomic E-state index is 0.0767. The van der Waals surface area contributed by atoms with E-state index in [9.17, 15) is 9.59 Å². The van der Waals surface area contributed by atoms with Gasteiger partial charge in [-0.3, -0.25) is 19.2 Å². The summed E-state index contributed by atoms with van der Waals surface area (Å²) in [6.07, 6.45) is 9.05. The molecule has 4 fully saturated rings. The van der Waals surface area contributed by atoms with Crippen LogP contribution in [0.1, 0.15) is 62.4 Å². The fraction of sp³-hybridized carbons (Fsp3) is 0.800. The second kappa shape index (κ2) is 10.1. The molecule has 1 aromatic heterocycles. The Balaban J connectivity index is 1.32. The molecular formula is C25H39N5O3. The number of piperidine rings is 3. The van der Waals surface area contributed by atoms with Gasteiger partial charge in [0.25, 0.3) is 5.91 Å². The first kappa shape index (κ1) is 22.8. The number of aromatic nitrogens is 2. The average Bonchev–Trinajstić information content (AvgIpc) is 3.35. The first-order valence-corrected chi connectivity index (χ1v) is 13.1.